The molecule has 1 aromatic rings. The number of hydrazine groups is 1. The van der Waals surface area contributed by atoms with Crippen molar-refractivity contribution in [3.05, 3.63) is 23.8 Å². The summed E-state index contributed by atoms with van der Waals surface area (Å²) in [7, 11) is 1.53. The molecule has 0 radical (unpaired) electrons. The Balaban J connectivity index is 1.76. The van der Waals surface area contributed by atoms with Crippen LogP contribution in [0, 0.1) is 5.92 Å². The van der Waals surface area contributed by atoms with Gasteiger partial charge >= 0.3 is 0 Å². The normalized spacial score (nSPS) is 14.7. The number of rotatable bonds is 8. The van der Waals surface area contributed by atoms with Crippen molar-refractivity contribution in [2.45, 2.75) is 71.3 Å². The van der Waals surface area contributed by atoms with Gasteiger partial charge in [0, 0.05) is 12.0 Å². The van der Waals surface area contributed by atoms with Crippen molar-refractivity contribution < 1.29 is 19.1 Å². The van der Waals surface area contributed by atoms with Crippen LogP contribution >= 0.6 is 0 Å². The summed E-state index contributed by atoms with van der Waals surface area (Å²) >= 11 is 0. The lowest BCUT2D eigenvalue weighted by molar-refractivity contribution is -0.122. The van der Waals surface area contributed by atoms with Crippen molar-refractivity contribution in [1.29, 1.82) is 0 Å². The molecular formula is C21H32N2O4. The van der Waals surface area contributed by atoms with Gasteiger partial charge in [-0.15, -0.1) is 0 Å². The monoisotopic (exact) mass is 376 g/mol. The maximum atomic E-state index is 12.2. The summed E-state index contributed by atoms with van der Waals surface area (Å²) in [5.74, 6) is 1.28. The van der Waals surface area contributed by atoms with Crippen LogP contribution in [-0.4, -0.2) is 25.0 Å². The average molecular weight is 376 g/mol. The molecule has 1 aliphatic carbocycles. The lowest BCUT2D eigenvalue weighted by atomic mass is 9.86. The Bertz CT molecular complexity index is 625. The van der Waals surface area contributed by atoms with Crippen LogP contribution in [0.5, 0.6) is 11.5 Å². The maximum Gasteiger partial charge on any atom is 0.269 e. The van der Waals surface area contributed by atoms with E-state index in [2.05, 4.69) is 10.9 Å². The molecule has 150 valence electrons. The average Bonchev–Trinajstić information content (AvgIpc) is 2.66. The molecule has 1 fully saturated rings. The zero-order valence-corrected chi connectivity index (χ0v) is 16.7. The third kappa shape index (κ3) is 7.12. The topological polar surface area (TPSA) is 76.7 Å². The van der Waals surface area contributed by atoms with E-state index in [0.717, 1.165) is 18.8 Å². The minimum absolute atomic E-state index is 0.00600. The van der Waals surface area contributed by atoms with E-state index in [1.807, 2.05) is 13.8 Å². The van der Waals surface area contributed by atoms with E-state index in [-0.39, 0.29) is 17.9 Å². The van der Waals surface area contributed by atoms with Crippen molar-refractivity contribution in [3.8, 4) is 11.5 Å². The predicted molar refractivity (Wildman–Crippen MR) is 105 cm³/mol. The number of carbonyl (C=O) groups is 2. The molecule has 6 heteroatoms. The molecule has 2 amide bonds. The zero-order chi connectivity index (χ0) is 19.6. The SMILES string of the molecule is COc1cc(C(=O)NNC(=O)CCCC2CCCCC2)ccc1OC(C)C. The number of ether oxygens (including phenoxy) is 2. The van der Waals surface area contributed by atoms with Crippen LogP contribution in [-0.2, 0) is 4.79 Å². The first-order valence-corrected chi connectivity index (χ1v) is 9.93. The molecule has 0 heterocycles. The second kappa shape index (κ2) is 10.8. The Kier molecular flexibility index (Phi) is 8.43. The molecular weight excluding hydrogens is 344 g/mol. The Labute approximate surface area is 162 Å². The summed E-state index contributed by atoms with van der Waals surface area (Å²) in [6.45, 7) is 3.84. The van der Waals surface area contributed by atoms with Gasteiger partial charge in [-0.25, -0.2) is 0 Å². The molecule has 27 heavy (non-hydrogen) atoms. The summed E-state index contributed by atoms with van der Waals surface area (Å²) in [5, 5.41) is 0. The summed E-state index contributed by atoms with van der Waals surface area (Å²) in [5.41, 5.74) is 5.35. The molecule has 1 aromatic carbocycles. The van der Waals surface area contributed by atoms with Crippen LogP contribution in [0.1, 0.15) is 75.6 Å². The van der Waals surface area contributed by atoms with Gasteiger partial charge in [-0.05, 0) is 50.8 Å². The molecule has 1 aliphatic rings. The van der Waals surface area contributed by atoms with Crippen LogP contribution < -0.4 is 20.3 Å². The molecule has 0 aromatic heterocycles. The molecule has 0 spiro atoms. The summed E-state index contributed by atoms with van der Waals surface area (Å²) in [6.07, 6.45) is 8.95. The Morgan fingerprint density at radius 1 is 1.11 bits per heavy atom. The third-order valence-electron chi connectivity index (χ3n) is 4.84. The first kappa shape index (κ1) is 21.1. The van der Waals surface area contributed by atoms with Gasteiger partial charge in [-0.1, -0.05) is 32.1 Å². The standard InChI is InChI=1S/C21H32N2O4/c1-15(2)27-18-13-12-17(14-19(18)26-3)21(25)23-22-20(24)11-7-10-16-8-5-4-6-9-16/h12-16H,4-11H2,1-3H3,(H,22,24)(H,23,25). The number of nitrogens with one attached hydrogen (secondary N) is 2. The fraction of sp³-hybridized carbons (Fsp3) is 0.619. The van der Waals surface area contributed by atoms with Gasteiger partial charge in [0.1, 0.15) is 0 Å². The molecule has 0 aliphatic heterocycles. The summed E-state index contributed by atoms with van der Waals surface area (Å²) in [4.78, 5) is 24.2. The van der Waals surface area contributed by atoms with Gasteiger partial charge in [-0.2, -0.15) is 0 Å². The Hall–Kier alpha value is -2.24. The Morgan fingerprint density at radius 3 is 2.52 bits per heavy atom. The van der Waals surface area contributed by atoms with Gasteiger partial charge in [-0.3, -0.25) is 20.4 Å². The molecule has 0 atom stereocenters. The van der Waals surface area contributed by atoms with Crippen molar-refractivity contribution in [2.75, 3.05) is 7.11 Å². The fourth-order valence-electron chi connectivity index (χ4n) is 3.45. The van der Waals surface area contributed by atoms with E-state index in [1.54, 1.807) is 18.2 Å². The minimum atomic E-state index is -0.384. The number of methoxy groups -OCH3 is 1. The minimum Gasteiger partial charge on any atom is -0.493 e. The van der Waals surface area contributed by atoms with E-state index in [0.29, 0.717) is 23.5 Å². The molecule has 2 N–H and O–H groups in total. The van der Waals surface area contributed by atoms with E-state index in [9.17, 15) is 9.59 Å². The lowest BCUT2D eigenvalue weighted by Crippen LogP contribution is -2.41. The zero-order valence-electron chi connectivity index (χ0n) is 16.7. The second-order valence-electron chi connectivity index (χ2n) is 7.43. The van der Waals surface area contributed by atoms with Crippen LogP contribution in [0.4, 0.5) is 0 Å². The maximum absolute atomic E-state index is 12.2. The second-order valence-corrected chi connectivity index (χ2v) is 7.43. The highest BCUT2D eigenvalue weighted by Gasteiger charge is 2.15. The first-order valence-electron chi connectivity index (χ1n) is 9.93. The van der Waals surface area contributed by atoms with Crippen molar-refractivity contribution in [1.82, 2.24) is 10.9 Å². The van der Waals surface area contributed by atoms with E-state index < -0.39 is 0 Å². The van der Waals surface area contributed by atoms with Crippen LogP contribution in [0.2, 0.25) is 0 Å². The van der Waals surface area contributed by atoms with Gasteiger partial charge in [0.2, 0.25) is 5.91 Å². The predicted octanol–water partition coefficient (Wildman–Crippen LogP) is 3.99. The highest BCUT2D eigenvalue weighted by molar-refractivity contribution is 5.96. The summed E-state index contributed by atoms with van der Waals surface area (Å²) < 4.78 is 10.9. The molecule has 0 unspecified atom stereocenters. The van der Waals surface area contributed by atoms with E-state index in [4.69, 9.17) is 9.47 Å². The molecule has 0 saturated heterocycles. The number of benzene rings is 1. The van der Waals surface area contributed by atoms with Gasteiger partial charge in [0.05, 0.1) is 13.2 Å². The lowest BCUT2D eigenvalue weighted by Gasteiger charge is -2.21. The van der Waals surface area contributed by atoms with Crippen LogP contribution in [0.25, 0.3) is 0 Å². The Morgan fingerprint density at radius 2 is 1.85 bits per heavy atom. The number of carbonyl (C=O) groups excluding carboxylic acids is 2. The number of hydrogen-bond acceptors (Lipinski definition) is 4. The quantitative estimate of drug-likeness (QED) is 0.673. The van der Waals surface area contributed by atoms with E-state index in [1.165, 1.54) is 39.2 Å². The van der Waals surface area contributed by atoms with Gasteiger partial charge < -0.3 is 9.47 Å². The molecule has 1 saturated carbocycles. The smallest absolute Gasteiger partial charge is 0.269 e. The largest absolute Gasteiger partial charge is 0.493 e. The molecule has 6 nitrogen and oxygen atoms in total. The number of amides is 2. The molecule has 2 rings (SSSR count). The van der Waals surface area contributed by atoms with Crippen molar-refractivity contribution in [2.24, 2.45) is 5.92 Å². The van der Waals surface area contributed by atoms with Gasteiger partial charge in [0.15, 0.2) is 11.5 Å². The summed E-state index contributed by atoms with van der Waals surface area (Å²) in [6, 6.07) is 4.94. The highest BCUT2D eigenvalue weighted by Crippen LogP contribution is 2.29. The van der Waals surface area contributed by atoms with Crippen molar-refractivity contribution >= 4 is 11.8 Å². The van der Waals surface area contributed by atoms with Crippen molar-refractivity contribution in [3.63, 3.8) is 0 Å². The fourth-order valence-corrected chi connectivity index (χ4v) is 3.45. The molecule has 0 bridgehead atoms. The van der Waals surface area contributed by atoms with Gasteiger partial charge in [0.25, 0.3) is 5.91 Å². The number of hydrogen-bond donors (Lipinski definition) is 2. The highest BCUT2D eigenvalue weighted by atomic mass is 16.5. The first-order chi connectivity index (χ1) is 13.0. The third-order valence-corrected chi connectivity index (χ3v) is 4.84. The van der Waals surface area contributed by atoms with E-state index >= 15 is 0 Å². The van der Waals surface area contributed by atoms with Crippen LogP contribution in [0.15, 0.2) is 18.2 Å². The van der Waals surface area contributed by atoms with Crippen LogP contribution in [0.3, 0.4) is 0 Å².